The van der Waals surface area contributed by atoms with Gasteiger partial charge in [0.15, 0.2) is 0 Å². The van der Waals surface area contributed by atoms with E-state index in [-0.39, 0.29) is 12.0 Å². The first kappa shape index (κ1) is 14.7. The summed E-state index contributed by atoms with van der Waals surface area (Å²) in [6.07, 6.45) is 0.716. The third kappa shape index (κ3) is 5.82. The van der Waals surface area contributed by atoms with Crippen molar-refractivity contribution in [1.82, 2.24) is 9.97 Å². The van der Waals surface area contributed by atoms with E-state index in [0.717, 1.165) is 24.0 Å². The van der Waals surface area contributed by atoms with Crippen molar-refractivity contribution in [3.8, 4) is 0 Å². The molecule has 1 rings (SSSR count). The molecule has 3 N–H and O–H groups in total. The summed E-state index contributed by atoms with van der Waals surface area (Å²) in [4.78, 5) is 8.66. The van der Waals surface area contributed by atoms with Gasteiger partial charge < -0.3 is 15.7 Å². The lowest BCUT2D eigenvalue weighted by atomic mass is 9.97. The van der Waals surface area contributed by atoms with Crippen molar-refractivity contribution < 1.29 is 5.11 Å². The molecule has 0 spiro atoms. The molecule has 1 aromatic rings. The number of aliphatic hydroxyl groups is 1. The van der Waals surface area contributed by atoms with E-state index in [1.165, 1.54) is 0 Å². The number of aliphatic hydroxyl groups excluding tert-OH is 1. The smallest absolute Gasteiger partial charge is 0.131 e. The summed E-state index contributed by atoms with van der Waals surface area (Å²) in [6.45, 7) is 10.2. The molecule has 0 radical (unpaired) electrons. The summed E-state index contributed by atoms with van der Waals surface area (Å²) < 4.78 is 0. The van der Waals surface area contributed by atoms with E-state index in [4.69, 9.17) is 5.11 Å². The fraction of sp³-hybridized carbons (Fsp3) is 0.692. The average Bonchev–Trinajstić information content (AvgIpc) is 2.25. The monoisotopic (exact) mass is 252 g/mol. The molecule has 102 valence electrons. The second kappa shape index (κ2) is 6.54. The minimum absolute atomic E-state index is 0.187. The largest absolute Gasteiger partial charge is 0.396 e. The van der Waals surface area contributed by atoms with Gasteiger partial charge in [-0.05, 0) is 18.8 Å². The molecule has 5 heteroatoms. The molecule has 1 heterocycles. The number of hydrogen-bond acceptors (Lipinski definition) is 5. The highest BCUT2D eigenvalue weighted by Gasteiger charge is 2.10. The molecule has 0 aliphatic rings. The number of rotatable bonds is 6. The Morgan fingerprint density at radius 3 is 2.33 bits per heavy atom. The molecule has 0 bridgehead atoms. The van der Waals surface area contributed by atoms with Gasteiger partial charge in [0.2, 0.25) is 0 Å². The van der Waals surface area contributed by atoms with Crippen LogP contribution in [0.1, 0.15) is 33.0 Å². The van der Waals surface area contributed by atoms with E-state index in [1.807, 2.05) is 13.0 Å². The lowest BCUT2D eigenvalue weighted by Gasteiger charge is -2.19. The molecule has 5 nitrogen and oxygen atoms in total. The van der Waals surface area contributed by atoms with Crippen LogP contribution in [0.4, 0.5) is 11.6 Å². The summed E-state index contributed by atoms with van der Waals surface area (Å²) >= 11 is 0. The van der Waals surface area contributed by atoms with E-state index >= 15 is 0 Å². The van der Waals surface area contributed by atoms with Crippen LogP contribution in [0.5, 0.6) is 0 Å². The minimum atomic E-state index is 0.187. The third-order valence-corrected chi connectivity index (χ3v) is 2.28. The van der Waals surface area contributed by atoms with Crippen molar-refractivity contribution in [2.75, 3.05) is 30.3 Å². The van der Waals surface area contributed by atoms with Gasteiger partial charge in [0, 0.05) is 25.8 Å². The van der Waals surface area contributed by atoms with E-state index in [9.17, 15) is 0 Å². The van der Waals surface area contributed by atoms with Gasteiger partial charge in [0.05, 0.1) is 0 Å². The molecular formula is C13H24N4O. The highest BCUT2D eigenvalue weighted by molar-refractivity contribution is 5.47. The second-order valence-electron chi connectivity index (χ2n) is 5.60. The Hall–Kier alpha value is -1.36. The van der Waals surface area contributed by atoms with E-state index < -0.39 is 0 Å². The van der Waals surface area contributed by atoms with Gasteiger partial charge in [-0.2, -0.15) is 0 Å². The van der Waals surface area contributed by atoms with Crippen LogP contribution in [0.3, 0.4) is 0 Å². The van der Waals surface area contributed by atoms with Crippen LogP contribution in [0.2, 0.25) is 0 Å². The summed E-state index contributed by atoms with van der Waals surface area (Å²) in [7, 11) is 0. The zero-order valence-electron chi connectivity index (χ0n) is 11.7. The molecule has 0 aromatic carbocycles. The SMILES string of the molecule is Cc1nc(NCCCO)cc(NCC(C)(C)C)n1. The van der Waals surface area contributed by atoms with Gasteiger partial charge in [-0.3, -0.25) is 0 Å². The number of aryl methyl sites for hydroxylation is 1. The molecule has 0 unspecified atom stereocenters. The Morgan fingerprint density at radius 1 is 1.17 bits per heavy atom. The predicted molar refractivity (Wildman–Crippen MR) is 74.9 cm³/mol. The number of nitrogens with zero attached hydrogens (tertiary/aromatic N) is 2. The zero-order valence-corrected chi connectivity index (χ0v) is 11.7. The van der Waals surface area contributed by atoms with Crippen LogP contribution in [0.15, 0.2) is 6.07 Å². The van der Waals surface area contributed by atoms with Crippen LogP contribution in [0.25, 0.3) is 0 Å². The summed E-state index contributed by atoms with van der Waals surface area (Å²) in [6, 6.07) is 1.90. The lowest BCUT2D eigenvalue weighted by Crippen LogP contribution is -2.20. The lowest BCUT2D eigenvalue weighted by molar-refractivity contribution is 0.292. The molecule has 1 aromatic heterocycles. The fourth-order valence-corrected chi connectivity index (χ4v) is 1.40. The molecule has 0 saturated carbocycles. The second-order valence-corrected chi connectivity index (χ2v) is 5.60. The molecule has 0 amide bonds. The summed E-state index contributed by atoms with van der Waals surface area (Å²) in [5.74, 6) is 2.37. The molecule has 0 fully saturated rings. The van der Waals surface area contributed by atoms with Crippen molar-refractivity contribution >= 4 is 11.6 Å². The Bertz CT molecular complexity index is 374. The van der Waals surface area contributed by atoms with Crippen molar-refractivity contribution in [3.63, 3.8) is 0 Å². The van der Waals surface area contributed by atoms with Crippen LogP contribution in [0, 0.1) is 12.3 Å². The van der Waals surface area contributed by atoms with Gasteiger partial charge in [-0.1, -0.05) is 20.8 Å². The number of nitrogens with one attached hydrogen (secondary N) is 2. The molecule has 0 atom stereocenters. The maximum absolute atomic E-state index is 8.74. The standard InChI is InChI=1S/C13H24N4O/c1-10-16-11(14-6-5-7-18)8-12(17-10)15-9-13(2,3)4/h8,18H,5-7,9H2,1-4H3,(H2,14,15,16,17). The van der Waals surface area contributed by atoms with Crippen molar-refractivity contribution in [3.05, 3.63) is 11.9 Å². The summed E-state index contributed by atoms with van der Waals surface area (Å²) in [5, 5.41) is 15.2. The van der Waals surface area contributed by atoms with Crippen LogP contribution >= 0.6 is 0 Å². The molecular weight excluding hydrogens is 228 g/mol. The first-order chi connectivity index (χ1) is 8.40. The van der Waals surface area contributed by atoms with Crippen molar-refractivity contribution in [2.24, 2.45) is 5.41 Å². The maximum Gasteiger partial charge on any atom is 0.131 e. The van der Waals surface area contributed by atoms with Crippen molar-refractivity contribution in [1.29, 1.82) is 0 Å². The first-order valence-electron chi connectivity index (χ1n) is 6.35. The Kier molecular flexibility index (Phi) is 5.34. The fourth-order valence-electron chi connectivity index (χ4n) is 1.40. The van der Waals surface area contributed by atoms with Crippen molar-refractivity contribution in [2.45, 2.75) is 34.1 Å². The van der Waals surface area contributed by atoms with Gasteiger partial charge in [-0.25, -0.2) is 9.97 Å². The molecule has 18 heavy (non-hydrogen) atoms. The van der Waals surface area contributed by atoms with E-state index in [1.54, 1.807) is 0 Å². The maximum atomic E-state index is 8.74. The normalized spacial score (nSPS) is 11.4. The van der Waals surface area contributed by atoms with Gasteiger partial charge in [0.25, 0.3) is 0 Å². The predicted octanol–water partition coefficient (Wildman–Crippen LogP) is 2.04. The van der Waals surface area contributed by atoms with Gasteiger partial charge >= 0.3 is 0 Å². The Labute approximate surface area is 109 Å². The van der Waals surface area contributed by atoms with Gasteiger partial charge in [0.1, 0.15) is 17.5 Å². The quantitative estimate of drug-likeness (QED) is 0.676. The highest BCUT2D eigenvalue weighted by Crippen LogP contribution is 2.16. The Balaban J connectivity index is 2.62. The molecule has 0 aliphatic heterocycles. The summed E-state index contributed by atoms with van der Waals surface area (Å²) in [5.41, 5.74) is 0.212. The van der Waals surface area contributed by atoms with Gasteiger partial charge in [-0.15, -0.1) is 0 Å². The molecule has 0 saturated heterocycles. The average molecular weight is 252 g/mol. The third-order valence-electron chi connectivity index (χ3n) is 2.28. The zero-order chi connectivity index (χ0) is 13.6. The van der Waals surface area contributed by atoms with E-state index in [0.29, 0.717) is 13.0 Å². The first-order valence-corrected chi connectivity index (χ1v) is 6.35. The minimum Gasteiger partial charge on any atom is -0.396 e. The van der Waals surface area contributed by atoms with Crippen LogP contribution in [-0.2, 0) is 0 Å². The van der Waals surface area contributed by atoms with E-state index in [2.05, 4.69) is 41.4 Å². The molecule has 0 aliphatic carbocycles. The highest BCUT2D eigenvalue weighted by atomic mass is 16.3. The number of hydrogen-bond donors (Lipinski definition) is 3. The van der Waals surface area contributed by atoms with Crippen LogP contribution in [-0.4, -0.2) is 34.8 Å². The number of aromatic nitrogens is 2. The number of anilines is 2. The van der Waals surface area contributed by atoms with Crippen LogP contribution < -0.4 is 10.6 Å². The Morgan fingerprint density at radius 2 is 1.78 bits per heavy atom. The topological polar surface area (TPSA) is 70.1 Å².